The van der Waals surface area contributed by atoms with Gasteiger partial charge in [0.2, 0.25) is 0 Å². The van der Waals surface area contributed by atoms with Gasteiger partial charge in [0.1, 0.15) is 11.6 Å². The summed E-state index contributed by atoms with van der Waals surface area (Å²) in [6.45, 7) is 12.7. The zero-order valence-corrected chi connectivity index (χ0v) is 43.7. The van der Waals surface area contributed by atoms with Crippen LogP contribution in [0.1, 0.15) is 135 Å². The van der Waals surface area contributed by atoms with Gasteiger partial charge >= 0.3 is 5.97 Å². The van der Waals surface area contributed by atoms with Gasteiger partial charge in [-0.05, 0) is 134 Å². The van der Waals surface area contributed by atoms with E-state index in [-0.39, 0.29) is 5.57 Å². The second-order valence-corrected chi connectivity index (χ2v) is 20.2. The summed E-state index contributed by atoms with van der Waals surface area (Å²) in [5.41, 5.74) is 11.0. The number of benzene rings is 4. The van der Waals surface area contributed by atoms with E-state index in [4.69, 9.17) is 24.4 Å². The Balaban J connectivity index is 1.31. The number of fused-ring (bicyclic) bond motifs is 2. The summed E-state index contributed by atoms with van der Waals surface area (Å²) in [5.74, 6) is -1.22. The minimum absolute atomic E-state index is 0.277. The van der Waals surface area contributed by atoms with Crippen molar-refractivity contribution in [2.45, 2.75) is 157 Å². The number of rotatable bonds is 27. The molecule has 8 nitrogen and oxygen atoms in total. The Labute approximate surface area is 424 Å². The summed E-state index contributed by atoms with van der Waals surface area (Å²) in [5, 5.41) is 18.6. The van der Waals surface area contributed by atoms with E-state index in [2.05, 4.69) is 136 Å². The Hall–Kier alpha value is -5.54. The van der Waals surface area contributed by atoms with Gasteiger partial charge in [-0.1, -0.05) is 141 Å². The second kappa shape index (κ2) is 25.4. The minimum Gasteiger partial charge on any atom is -0.477 e. The maximum Gasteiger partial charge on any atom is 0.346 e. The summed E-state index contributed by atoms with van der Waals surface area (Å²) >= 11 is 14.1. The molecule has 7 aromatic rings. The van der Waals surface area contributed by atoms with Gasteiger partial charge in [-0.25, -0.2) is 4.79 Å². The number of anilines is 3. The molecule has 11 heteroatoms. The predicted molar refractivity (Wildman–Crippen MR) is 296 cm³/mol. The van der Waals surface area contributed by atoms with E-state index in [0.29, 0.717) is 0 Å². The fourth-order valence-corrected chi connectivity index (χ4v) is 11.2. The molecule has 3 heterocycles. The first-order valence-electron chi connectivity index (χ1n) is 25.6. The van der Waals surface area contributed by atoms with Crippen LogP contribution in [0.2, 0.25) is 0 Å². The minimum atomic E-state index is -1.22. The third kappa shape index (κ3) is 12.4. The number of imidazole rings is 2. The third-order valence-electron chi connectivity index (χ3n) is 13.4. The lowest BCUT2D eigenvalue weighted by Crippen LogP contribution is -2.10. The molecular weight excluding hydrogens is 909 g/mol. The highest BCUT2D eigenvalue weighted by molar-refractivity contribution is 7.71. The summed E-state index contributed by atoms with van der Waals surface area (Å²) in [4.78, 5) is 15.6. The van der Waals surface area contributed by atoms with Crippen LogP contribution in [0.5, 0.6) is 0 Å². The largest absolute Gasteiger partial charge is 0.477 e. The molecule has 0 aliphatic heterocycles. The SMILES string of the molecule is CCCCCCn1c(=S)n(CCCCCC)c2cc(N(c3ccc(-c4ccc(-c5ccc(/C=C(/C#N)C(=O)O)s5)cc4)cc3)c3ccc4c(c3)n(CCCCCC)c(=S)n4CCCCCC)ccc21. The highest BCUT2D eigenvalue weighted by atomic mass is 32.1. The highest BCUT2D eigenvalue weighted by Gasteiger charge is 2.20. The zero-order chi connectivity index (χ0) is 48.7. The molecule has 7 rings (SSSR count). The molecule has 0 atom stereocenters. The number of thiophene rings is 1. The molecular formula is C58H70N6O2S3. The highest BCUT2D eigenvalue weighted by Crippen LogP contribution is 2.40. The molecule has 0 aliphatic rings. The van der Waals surface area contributed by atoms with Gasteiger partial charge in [-0.3, -0.25) is 0 Å². The van der Waals surface area contributed by atoms with Crippen LogP contribution in [0.3, 0.4) is 0 Å². The Morgan fingerprint density at radius 1 is 0.536 bits per heavy atom. The molecule has 0 amide bonds. The van der Waals surface area contributed by atoms with Crippen LogP contribution in [-0.2, 0) is 31.0 Å². The van der Waals surface area contributed by atoms with Crippen LogP contribution < -0.4 is 4.90 Å². The molecule has 362 valence electrons. The van der Waals surface area contributed by atoms with E-state index in [9.17, 15) is 15.2 Å². The number of aryl methyl sites for hydroxylation is 4. The first kappa shape index (κ1) is 51.3. The molecule has 0 aliphatic carbocycles. The van der Waals surface area contributed by atoms with E-state index in [0.717, 1.165) is 105 Å². The normalized spacial score (nSPS) is 11.8. The van der Waals surface area contributed by atoms with Crippen LogP contribution >= 0.6 is 35.8 Å². The van der Waals surface area contributed by atoms with Crippen LogP contribution in [0, 0.1) is 20.9 Å². The third-order valence-corrected chi connectivity index (χ3v) is 15.3. The fourth-order valence-electron chi connectivity index (χ4n) is 9.49. The maximum absolute atomic E-state index is 11.4. The first-order chi connectivity index (χ1) is 33.7. The average Bonchev–Trinajstić information content (AvgIpc) is 4.02. The van der Waals surface area contributed by atoms with Crippen molar-refractivity contribution < 1.29 is 9.90 Å². The molecule has 0 saturated carbocycles. The number of carboxylic acid groups (broad SMARTS) is 1. The van der Waals surface area contributed by atoms with Crippen LogP contribution in [0.15, 0.2) is 103 Å². The Bertz CT molecular complexity index is 2880. The molecule has 0 bridgehead atoms. The lowest BCUT2D eigenvalue weighted by molar-refractivity contribution is -0.132. The number of nitriles is 1. The lowest BCUT2D eigenvalue weighted by atomic mass is 10.0. The number of aromatic nitrogens is 4. The lowest BCUT2D eigenvalue weighted by Gasteiger charge is -2.26. The number of aliphatic carboxylic acids is 1. The van der Waals surface area contributed by atoms with Gasteiger partial charge in [0.05, 0.1) is 22.1 Å². The molecule has 1 N–H and O–H groups in total. The van der Waals surface area contributed by atoms with E-state index in [1.807, 2.05) is 12.1 Å². The number of hydrogen-bond acceptors (Lipinski definition) is 6. The van der Waals surface area contributed by atoms with Gasteiger partial charge in [-0.2, -0.15) is 5.26 Å². The van der Waals surface area contributed by atoms with Crippen LogP contribution in [-0.4, -0.2) is 29.3 Å². The van der Waals surface area contributed by atoms with Gasteiger partial charge in [0.25, 0.3) is 0 Å². The summed E-state index contributed by atoms with van der Waals surface area (Å²) in [6, 6.07) is 36.9. The maximum atomic E-state index is 11.4. The van der Waals surface area contributed by atoms with Gasteiger partial charge in [0.15, 0.2) is 9.54 Å². The van der Waals surface area contributed by atoms with Crippen molar-refractivity contribution in [3.05, 3.63) is 117 Å². The van der Waals surface area contributed by atoms with Crippen molar-refractivity contribution in [1.82, 2.24) is 18.3 Å². The predicted octanol–water partition coefficient (Wildman–Crippen LogP) is 17.8. The summed E-state index contributed by atoms with van der Waals surface area (Å²) in [7, 11) is 0. The molecule has 0 unspecified atom stereocenters. The number of hydrogen-bond donors (Lipinski definition) is 1. The van der Waals surface area contributed by atoms with Crippen molar-refractivity contribution in [2.75, 3.05) is 4.90 Å². The smallest absolute Gasteiger partial charge is 0.346 e. The molecule has 3 aromatic heterocycles. The molecule has 0 fully saturated rings. The van der Waals surface area contributed by atoms with Gasteiger partial charge in [0, 0.05) is 53.0 Å². The van der Waals surface area contributed by atoms with Crippen molar-refractivity contribution >= 4 is 86.9 Å². The van der Waals surface area contributed by atoms with E-state index >= 15 is 0 Å². The average molecular weight is 979 g/mol. The molecule has 69 heavy (non-hydrogen) atoms. The number of carboxylic acids is 1. The Morgan fingerprint density at radius 2 is 0.928 bits per heavy atom. The second-order valence-electron chi connectivity index (χ2n) is 18.4. The molecule has 0 radical (unpaired) electrons. The van der Waals surface area contributed by atoms with Gasteiger partial charge in [-0.15, -0.1) is 11.3 Å². The van der Waals surface area contributed by atoms with Crippen molar-refractivity contribution in [3.63, 3.8) is 0 Å². The van der Waals surface area contributed by atoms with Crippen molar-refractivity contribution in [1.29, 1.82) is 5.26 Å². The monoisotopic (exact) mass is 978 g/mol. The standard InChI is InChI=1S/C58H70N6O2S3/c1-5-9-13-17-35-60-51-32-29-48(40-53(51)62(57(60)67)37-19-15-11-7-3)64(49-30-33-52-54(41-49)63(38-20-16-12-8-4)58(68)61(52)36-18-14-10-6-2)47-27-25-44(26-28-47)43-21-23-45(24-22-43)55-34-31-50(69-55)39-46(42-59)56(65)66/h21-34,39-41H,5-20,35-38H2,1-4H3,(H,65,66)/b46-39-. The van der Waals surface area contributed by atoms with E-state index < -0.39 is 5.97 Å². The quantitative estimate of drug-likeness (QED) is 0.0239. The zero-order valence-electron chi connectivity index (χ0n) is 41.2. The topological polar surface area (TPSA) is 84.1 Å². The van der Waals surface area contributed by atoms with Gasteiger partial charge < -0.3 is 28.3 Å². The molecule has 0 spiro atoms. The molecule has 4 aromatic carbocycles. The fraction of sp³-hybridized carbons (Fsp3) is 0.414. The first-order valence-corrected chi connectivity index (χ1v) is 27.3. The Kier molecular flexibility index (Phi) is 18.9. The molecule has 0 saturated heterocycles. The number of carbonyl (C=O) groups is 1. The number of nitrogens with zero attached hydrogens (tertiary/aromatic N) is 6. The Morgan fingerprint density at radius 3 is 1.33 bits per heavy atom. The number of unbranched alkanes of at least 4 members (excludes halogenated alkanes) is 12. The van der Waals surface area contributed by atoms with Crippen LogP contribution in [0.25, 0.3) is 49.7 Å². The summed E-state index contributed by atoms with van der Waals surface area (Å²) < 4.78 is 11.4. The van der Waals surface area contributed by atoms with Crippen LogP contribution in [0.4, 0.5) is 17.1 Å². The summed E-state index contributed by atoms with van der Waals surface area (Å²) in [6.07, 6.45) is 20.4. The van der Waals surface area contributed by atoms with E-state index in [1.165, 1.54) is 117 Å². The van der Waals surface area contributed by atoms with E-state index in [1.54, 1.807) is 6.07 Å². The van der Waals surface area contributed by atoms with Crippen molar-refractivity contribution in [2.24, 2.45) is 0 Å². The van der Waals surface area contributed by atoms with Crippen molar-refractivity contribution in [3.8, 4) is 27.6 Å².